The van der Waals surface area contributed by atoms with E-state index in [1.165, 1.54) is 6.07 Å². The third-order valence-corrected chi connectivity index (χ3v) is 3.37. The van der Waals surface area contributed by atoms with Gasteiger partial charge in [-0.15, -0.1) is 0 Å². The van der Waals surface area contributed by atoms with E-state index in [1.54, 1.807) is 6.07 Å². The Morgan fingerprint density at radius 2 is 1.84 bits per heavy atom. The molecule has 0 aliphatic carbocycles. The van der Waals surface area contributed by atoms with Crippen molar-refractivity contribution in [3.63, 3.8) is 0 Å². The van der Waals surface area contributed by atoms with Gasteiger partial charge in [0.25, 0.3) is 0 Å². The van der Waals surface area contributed by atoms with Gasteiger partial charge in [0, 0.05) is 6.54 Å². The van der Waals surface area contributed by atoms with E-state index in [-0.39, 0.29) is 12.4 Å². The highest BCUT2D eigenvalue weighted by Crippen LogP contribution is 2.13. The smallest absolute Gasteiger partial charge is 0.333 e. The zero-order valence-electron chi connectivity index (χ0n) is 14.2. The first-order chi connectivity index (χ1) is 12.2. The Hall–Kier alpha value is -2.96. The quantitative estimate of drug-likeness (QED) is 0.506. The van der Waals surface area contributed by atoms with Crippen molar-refractivity contribution in [1.29, 1.82) is 0 Å². The molecule has 25 heavy (non-hydrogen) atoms. The molecule has 0 aliphatic rings. The zero-order valence-corrected chi connectivity index (χ0v) is 14.2. The molecule has 2 aromatic rings. The number of amides is 3. The minimum Gasteiger partial charge on any atom is -0.486 e. The monoisotopic (exact) mass is 345 g/mol. The third kappa shape index (κ3) is 6.58. The number of hydrogen-bond donors (Lipinski definition) is 3. The molecule has 0 radical (unpaired) electrons. The van der Waals surface area contributed by atoms with Crippen molar-refractivity contribution in [3.05, 3.63) is 54.0 Å². The number of furan rings is 1. The Morgan fingerprint density at radius 3 is 2.60 bits per heavy atom. The molecule has 3 N–H and O–H groups in total. The number of carbonyl (C=O) groups excluding carboxylic acids is 2. The van der Waals surface area contributed by atoms with Crippen molar-refractivity contribution in [3.8, 4) is 5.75 Å². The maximum absolute atomic E-state index is 11.9. The zero-order chi connectivity index (χ0) is 17.9. The number of unbranched alkanes of at least 4 members (excludes halogenated alkanes) is 2. The van der Waals surface area contributed by atoms with Crippen LogP contribution >= 0.6 is 0 Å². The predicted octanol–water partition coefficient (Wildman–Crippen LogP) is 2.99. The van der Waals surface area contributed by atoms with Crippen molar-refractivity contribution >= 4 is 11.9 Å². The van der Waals surface area contributed by atoms with Gasteiger partial charge < -0.3 is 14.5 Å². The van der Waals surface area contributed by atoms with Crippen LogP contribution in [0.1, 0.15) is 42.5 Å². The number of ether oxygens (including phenoxy) is 1. The molecule has 0 aliphatic heterocycles. The van der Waals surface area contributed by atoms with Crippen molar-refractivity contribution < 1.29 is 18.7 Å². The number of urea groups is 1. The van der Waals surface area contributed by atoms with Crippen LogP contribution in [0, 0.1) is 0 Å². The normalized spacial score (nSPS) is 10.1. The van der Waals surface area contributed by atoms with Crippen LogP contribution in [0.15, 0.2) is 46.9 Å². The Balaban J connectivity index is 1.71. The van der Waals surface area contributed by atoms with Gasteiger partial charge in [0.15, 0.2) is 5.76 Å². The summed E-state index contributed by atoms with van der Waals surface area (Å²) >= 11 is 0. The third-order valence-electron chi connectivity index (χ3n) is 3.37. The van der Waals surface area contributed by atoms with Crippen LogP contribution in [0.25, 0.3) is 0 Å². The number of benzene rings is 1. The summed E-state index contributed by atoms with van der Waals surface area (Å²) < 4.78 is 10.9. The maximum Gasteiger partial charge on any atom is 0.333 e. The molecule has 3 amide bonds. The van der Waals surface area contributed by atoms with Crippen molar-refractivity contribution in [2.45, 2.75) is 32.8 Å². The van der Waals surface area contributed by atoms with Gasteiger partial charge in [-0.3, -0.25) is 10.2 Å². The van der Waals surface area contributed by atoms with Gasteiger partial charge >= 0.3 is 11.9 Å². The van der Waals surface area contributed by atoms with E-state index in [0.29, 0.717) is 18.1 Å². The summed E-state index contributed by atoms with van der Waals surface area (Å²) in [4.78, 5) is 23.4. The number of nitrogens with one attached hydrogen (secondary N) is 3. The molecule has 2 rings (SSSR count). The van der Waals surface area contributed by atoms with Crippen LogP contribution in [0.5, 0.6) is 5.75 Å². The molecular weight excluding hydrogens is 322 g/mol. The van der Waals surface area contributed by atoms with E-state index < -0.39 is 11.9 Å². The summed E-state index contributed by atoms with van der Waals surface area (Å²) in [5, 5.41) is 2.65. The summed E-state index contributed by atoms with van der Waals surface area (Å²) in [6.07, 6.45) is 3.03. The van der Waals surface area contributed by atoms with Gasteiger partial charge in [0.2, 0.25) is 0 Å². The van der Waals surface area contributed by atoms with Gasteiger partial charge in [-0.1, -0.05) is 38.0 Å². The van der Waals surface area contributed by atoms with Crippen molar-refractivity contribution in [1.82, 2.24) is 16.2 Å². The maximum atomic E-state index is 11.9. The van der Waals surface area contributed by atoms with Gasteiger partial charge in [0.05, 0.1) is 0 Å². The average Bonchev–Trinajstić information content (AvgIpc) is 3.11. The fourth-order valence-electron chi connectivity index (χ4n) is 2.04. The predicted molar refractivity (Wildman–Crippen MR) is 93.0 cm³/mol. The topological polar surface area (TPSA) is 92.6 Å². The SMILES string of the molecule is CCCCCNC(=O)NNC(=O)c1ccc(COc2ccccc2)o1. The van der Waals surface area contributed by atoms with Crippen LogP contribution < -0.4 is 20.9 Å². The van der Waals surface area contributed by atoms with Crippen molar-refractivity contribution in [2.75, 3.05) is 6.54 Å². The first kappa shape index (κ1) is 18.4. The highest BCUT2D eigenvalue weighted by atomic mass is 16.5. The molecule has 0 unspecified atom stereocenters. The van der Waals surface area contributed by atoms with Crippen LogP contribution in [0.3, 0.4) is 0 Å². The highest BCUT2D eigenvalue weighted by molar-refractivity contribution is 5.92. The molecule has 1 aromatic carbocycles. The Kier molecular flexibility index (Phi) is 7.37. The molecule has 0 saturated carbocycles. The van der Waals surface area contributed by atoms with E-state index in [2.05, 4.69) is 23.1 Å². The lowest BCUT2D eigenvalue weighted by atomic mass is 10.2. The minimum absolute atomic E-state index is 0.0953. The molecule has 0 bridgehead atoms. The molecule has 7 heteroatoms. The largest absolute Gasteiger partial charge is 0.486 e. The van der Waals surface area contributed by atoms with Crippen molar-refractivity contribution in [2.24, 2.45) is 0 Å². The summed E-state index contributed by atoms with van der Waals surface area (Å²) in [5.74, 6) is 0.789. The molecule has 0 saturated heterocycles. The van der Waals surface area contributed by atoms with E-state index >= 15 is 0 Å². The molecule has 7 nitrogen and oxygen atoms in total. The van der Waals surface area contributed by atoms with Crippen LogP contribution in [-0.4, -0.2) is 18.5 Å². The van der Waals surface area contributed by atoms with Gasteiger partial charge in [-0.25, -0.2) is 10.2 Å². The van der Waals surface area contributed by atoms with E-state index in [4.69, 9.17) is 9.15 Å². The minimum atomic E-state index is -0.533. The van der Waals surface area contributed by atoms with E-state index in [0.717, 1.165) is 19.3 Å². The summed E-state index contributed by atoms with van der Waals surface area (Å²) in [6.45, 7) is 2.86. The molecule has 0 fully saturated rings. The Labute approximate surface area is 146 Å². The number of rotatable bonds is 8. The number of carbonyl (C=O) groups is 2. The van der Waals surface area contributed by atoms with Gasteiger partial charge in [0.1, 0.15) is 18.1 Å². The molecular formula is C18H23N3O4. The van der Waals surface area contributed by atoms with Crippen LogP contribution in [-0.2, 0) is 6.61 Å². The number of para-hydroxylation sites is 1. The fraction of sp³-hybridized carbons (Fsp3) is 0.333. The second kappa shape index (κ2) is 10.0. The number of hydrazine groups is 1. The van der Waals surface area contributed by atoms with Crippen LogP contribution in [0.2, 0.25) is 0 Å². The summed E-state index contributed by atoms with van der Waals surface area (Å²) in [5.41, 5.74) is 4.58. The number of hydrogen-bond acceptors (Lipinski definition) is 4. The Morgan fingerprint density at radius 1 is 1.04 bits per heavy atom. The molecule has 1 heterocycles. The molecule has 134 valence electrons. The standard InChI is InChI=1S/C18H23N3O4/c1-2-3-7-12-19-18(23)21-20-17(22)16-11-10-15(25-16)13-24-14-8-5-4-6-9-14/h4-6,8-11H,2-3,7,12-13H2,1H3,(H,20,22)(H2,19,21,23). The first-order valence-corrected chi connectivity index (χ1v) is 8.29. The summed E-state index contributed by atoms with van der Waals surface area (Å²) in [7, 11) is 0. The fourth-order valence-corrected chi connectivity index (χ4v) is 2.04. The van der Waals surface area contributed by atoms with Gasteiger partial charge in [-0.2, -0.15) is 0 Å². The molecule has 1 aromatic heterocycles. The lowest BCUT2D eigenvalue weighted by molar-refractivity contribution is 0.0904. The lowest BCUT2D eigenvalue weighted by Crippen LogP contribution is -2.47. The van der Waals surface area contributed by atoms with Gasteiger partial charge in [-0.05, 0) is 30.7 Å². The van der Waals surface area contributed by atoms with E-state index in [1.807, 2.05) is 30.3 Å². The highest BCUT2D eigenvalue weighted by Gasteiger charge is 2.12. The molecule has 0 spiro atoms. The average molecular weight is 345 g/mol. The first-order valence-electron chi connectivity index (χ1n) is 8.29. The van der Waals surface area contributed by atoms with Crippen LogP contribution in [0.4, 0.5) is 4.79 Å². The lowest BCUT2D eigenvalue weighted by Gasteiger charge is -2.07. The second-order valence-electron chi connectivity index (χ2n) is 5.41. The second-order valence-corrected chi connectivity index (χ2v) is 5.41. The van der Waals surface area contributed by atoms with E-state index in [9.17, 15) is 9.59 Å². The Bertz CT molecular complexity index is 670. The molecule has 0 atom stereocenters. The summed E-state index contributed by atoms with van der Waals surface area (Å²) in [6, 6.07) is 12.0.